The van der Waals surface area contributed by atoms with Gasteiger partial charge in [0.05, 0.1) is 0 Å². The standard InChI is InChI=1S/C13H14BrCl2F3O/c14-11-4-2-1-3-10(11)12(7-15,8-16)5-6-20-9-13(17,18)19/h1-4H,5-9H2. The Labute approximate surface area is 134 Å². The van der Waals surface area contributed by atoms with Crippen LogP contribution in [0.25, 0.3) is 0 Å². The molecule has 20 heavy (non-hydrogen) atoms. The highest BCUT2D eigenvalue weighted by molar-refractivity contribution is 9.10. The largest absolute Gasteiger partial charge is 0.411 e. The maximum atomic E-state index is 12.0. The van der Waals surface area contributed by atoms with E-state index < -0.39 is 18.2 Å². The minimum atomic E-state index is -4.32. The molecule has 1 aromatic rings. The van der Waals surface area contributed by atoms with Gasteiger partial charge in [0, 0.05) is 28.3 Å². The number of benzene rings is 1. The first-order valence-corrected chi connectivity index (χ1v) is 7.72. The number of rotatable bonds is 7. The normalized spacial score (nSPS) is 12.7. The molecule has 1 nitrogen and oxygen atoms in total. The highest BCUT2D eigenvalue weighted by Crippen LogP contribution is 2.36. The lowest BCUT2D eigenvalue weighted by atomic mass is 9.81. The highest BCUT2D eigenvalue weighted by atomic mass is 79.9. The van der Waals surface area contributed by atoms with Crippen molar-refractivity contribution >= 4 is 39.1 Å². The number of halogens is 6. The Morgan fingerprint density at radius 1 is 1.10 bits per heavy atom. The summed E-state index contributed by atoms with van der Waals surface area (Å²) in [6.07, 6.45) is -4.00. The fraction of sp³-hybridized carbons (Fsp3) is 0.538. The van der Waals surface area contributed by atoms with Gasteiger partial charge in [-0.05, 0) is 18.1 Å². The molecule has 0 radical (unpaired) electrons. The molecule has 0 bridgehead atoms. The van der Waals surface area contributed by atoms with Gasteiger partial charge in [0.15, 0.2) is 0 Å². The van der Waals surface area contributed by atoms with E-state index in [0.29, 0.717) is 6.42 Å². The van der Waals surface area contributed by atoms with E-state index in [1.807, 2.05) is 24.3 Å². The first-order chi connectivity index (χ1) is 9.34. The molecule has 1 rings (SSSR count). The summed E-state index contributed by atoms with van der Waals surface area (Å²) in [6.45, 7) is -1.32. The summed E-state index contributed by atoms with van der Waals surface area (Å²) < 4.78 is 41.6. The molecule has 0 saturated carbocycles. The summed E-state index contributed by atoms with van der Waals surface area (Å²) in [4.78, 5) is 0. The first-order valence-electron chi connectivity index (χ1n) is 5.86. The third kappa shape index (κ3) is 5.10. The summed E-state index contributed by atoms with van der Waals surface area (Å²) >= 11 is 15.4. The quantitative estimate of drug-likeness (QED) is 0.460. The molecule has 0 N–H and O–H groups in total. The molecule has 0 amide bonds. The van der Waals surface area contributed by atoms with Crippen molar-refractivity contribution in [2.75, 3.05) is 25.0 Å². The second-order valence-corrected chi connectivity index (χ2v) is 5.83. The summed E-state index contributed by atoms with van der Waals surface area (Å²) in [5.41, 5.74) is 0.259. The maximum absolute atomic E-state index is 12.0. The number of alkyl halides is 5. The number of hydrogen-bond donors (Lipinski definition) is 0. The third-order valence-corrected chi connectivity index (χ3v) is 4.66. The second-order valence-electron chi connectivity index (χ2n) is 4.45. The van der Waals surface area contributed by atoms with E-state index in [2.05, 4.69) is 20.7 Å². The van der Waals surface area contributed by atoms with Crippen LogP contribution in [0.15, 0.2) is 28.7 Å². The van der Waals surface area contributed by atoms with Gasteiger partial charge < -0.3 is 4.74 Å². The van der Waals surface area contributed by atoms with Gasteiger partial charge in [0.1, 0.15) is 6.61 Å². The summed E-state index contributed by atoms with van der Waals surface area (Å²) in [5, 5.41) is 0. The minimum Gasteiger partial charge on any atom is -0.372 e. The van der Waals surface area contributed by atoms with Crippen molar-refractivity contribution in [2.45, 2.75) is 18.0 Å². The van der Waals surface area contributed by atoms with E-state index in [1.54, 1.807) is 0 Å². The van der Waals surface area contributed by atoms with Crippen LogP contribution >= 0.6 is 39.1 Å². The van der Waals surface area contributed by atoms with Crippen LogP contribution in [0.5, 0.6) is 0 Å². The van der Waals surface area contributed by atoms with Crippen molar-refractivity contribution in [1.29, 1.82) is 0 Å². The summed E-state index contributed by atoms with van der Waals surface area (Å²) in [6, 6.07) is 7.39. The molecule has 0 heterocycles. The predicted octanol–water partition coefficient (Wildman–Crippen LogP) is 5.13. The fourth-order valence-electron chi connectivity index (χ4n) is 1.79. The molecule has 0 spiro atoms. The van der Waals surface area contributed by atoms with Crippen LogP contribution in [0.4, 0.5) is 13.2 Å². The SMILES string of the molecule is FC(F)(F)COCCC(CCl)(CCl)c1ccccc1Br. The first kappa shape index (κ1) is 18.1. The smallest absolute Gasteiger partial charge is 0.372 e. The molecule has 0 unspecified atom stereocenters. The Morgan fingerprint density at radius 2 is 1.70 bits per heavy atom. The molecule has 1 aromatic carbocycles. The lowest BCUT2D eigenvalue weighted by molar-refractivity contribution is -0.174. The molecule has 0 aliphatic heterocycles. The van der Waals surface area contributed by atoms with Crippen LogP contribution in [-0.4, -0.2) is 31.2 Å². The van der Waals surface area contributed by atoms with Gasteiger partial charge >= 0.3 is 6.18 Å². The monoisotopic (exact) mass is 392 g/mol. The molecule has 0 saturated heterocycles. The molecular formula is C13H14BrCl2F3O. The molecule has 0 aliphatic rings. The van der Waals surface area contributed by atoms with Crippen molar-refractivity contribution in [2.24, 2.45) is 0 Å². The maximum Gasteiger partial charge on any atom is 0.411 e. The predicted molar refractivity (Wildman–Crippen MR) is 78.8 cm³/mol. The molecule has 114 valence electrons. The van der Waals surface area contributed by atoms with E-state index >= 15 is 0 Å². The van der Waals surface area contributed by atoms with Crippen molar-refractivity contribution in [3.8, 4) is 0 Å². The van der Waals surface area contributed by atoms with Crippen LogP contribution in [0.1, 0.15) is 12.0 Å². The molecule has 0 atom stereocenters. The highest BCUT2D eigenvalue weighted by Gasteiger charge is 2.33. The number of ether oxygens (including phenoxy) is 1. The van der Waals surface area contributed by atoms with Crippen LogP contribution < -0.4 is 0 Å². The Bertz CT molecular complexity index is 422. The zero-order valence-corrected chi connectivity index (χ0v) is 13.6. The lowest BCUT2D eigenvalue weighted by Gasteiger charge is -2.31. The summed E-state index contributed by atoms with van der Waals surface area (Å²) in [7, 11) is 0. The van der Waals surface area contributed by atoms with Crippen LogP contribution in [0, 0.1) is 0 Å². The average Bonchev–Trinajstić information content (AvgIpc) is 2.40. The van der Waals surface area contributed by atoms with Crippen LogP contribution in [0.2, 0.25) is 0 Å². The van der Waals surface area contributed by atoms with E-state index in [9.17, 15) is 13.2 Å². The van der Waals surface area contributed by atoms with E-state index in [-0.39, 0.29) is 18.4 Å². The zero-order valence-electron chi connectivity index (χ0n) is 10.5. The van der Waals surface area contributed by atoms with E-state index in [4.69, 9.17) is 23.2 Å². The fourth-order valence-corrected chi connectivity index (χ4v) is 3.34. The third-order valence-electron chi connectivity index (χ3n) is 2.95. The van der Waals surface area contributed by atoms with E-state index in [1.165, 1.54) is 0 Å². The topological polar surface area (TPSA) is 9.23 Å². The van der Waals surface area contributed by atoms with Crippen molar-refractivity contribution in [3.63, 3.8) is 0 Å². The van der Waals surface area contributed by atoms with Crippen molar-refractivity contribution in [1.82, 2.24) is 0 Å². The van der Waals surface area contributed by atoms with Gasteiger partial charge in [-0.25, -0.2) is 0 Å². The van der Waals surface area contributed by atoms with Gasteiger partial charge in [0.2, 0.25) is 0 Å². The molecule has 7 heteroatoms. The lowest BCUT2D eigenvalue weighted by Crippen LogP contribution is -2.33. The summed E-state index contributed by atoms with van der Waals surface area (Å²) in [5.74, 6) is 0.406. The molecular weight excluding hydrogens is 380 g/mol. The second kappa shape index (κ2) is 7.87. The van der Waals surface area contributed by atoms with Gasteiger partial charge in [-0.2, -0.15) is 13.2 Å². The minimum absolute atomic E-state index is 0.0553. The van der Waals surface area contributed by atoms with Gasteiger partial charge in [0.25, 0.3) is 0 Å². The van der Waals surface area contributed by atoms with Crippen molar-refractivity contribution < 1.29 is 17.9 Å². The molecule has 0 aliphatic carbocycles. The van der Waals surface area contributed by atoms with Gasteiger partial charge in [-0.3, -0.25) is 0 Å². The van der Waals surface area contributed by atoms with Crippen molar-refractivity contribution in [3.05, 3.63) is 34.3 Å². The molecule has 0 fully saturated rings. The Hall–Kier alpha value is 0.0300. The van der Waals surface area contributed by atoms with Gasteiger partial charge in [-0.1, -0.05) is 34.1 Å². The molecule has 0 aromatic heterocycles. The Morgan fingerprint density at radius 3 is 2.20 bits per heavy atom. The average molecular weight is 394 g/mol. The van der Waals surface area contributed by atoms with Gasteiger partial charge in [-0.15, -0.1) is 23.2 Å². The van der Waals surface area contributed by atoms with E-state index in [0.717, 1.165) is 10.0 Å². The zero-order chi connectivity index (χ0) is 15.2. The van der Waals surface area contributed by atoms with Crippen LogP contribution in [0.3, 0.4) is 0 Å². The number of hydrogen-bond acceptors (Lipinski definition) is 1. The van der Waals surface area contributed by atoms with Crippen LogP contribution in [-0.2, 0) is 10.2 Å². The Balaban J connectivity index is 2.75. The Kier molecular flexibility index (Phi) is 7.12.